The standard InChI is InChI=1S/C31H39ClN2O6S/c1-19(20(2)41(33,38)39)5-11-28(35)25-9-6-23(25)16-34-17-31(13-3-4-21-14-24(32)8-10-26(21)31)18-40-29-12-7-22(30(36)37)15-27(29)34/h5,7-8,10-12,14-15,19-20,23,25,28,35H,3-4,6,9,13,16-18H2,1-2H3,(H,36,37)(H2,33,38,39)/b11-5+/t19-,20+,23+,25-,28+,31+/m1/s1. The molecule has 0 amide bonds. The molecule has 0 bridgehead atoms. The van der Waals surface area contributed by atoms with Crippen molar-refractivity contribution in [2.24, 2.45) is 22.9 Å². The van der Waals surface area contributed by atoms with Crippen molar-refractivity contribution < 1.29 is 28.2 Å². The van der Waals surface area contributed by atoms with Gasteiger partial charge >= 0.3 is 5.97 Å². The Hall–Kier alpha value is -2.59. The summed E-state index contributed by atoms with van der Waals surface area (Å²) in [6.45, 7) is 5.13. The number of aliphatic hydroxyl groups excluding tert-OH is 1. The summed E-state index contributed by atoms with van der Waals surface area (Å²) in [6.07, 6.45) is 7.42. The number of sulfonamides is 1. The summed E-state index contributed by atoms with van der Waals surface area (Å²) in [6, 6.07) is 11.1. The Labute approximate surface area is 247 Å². The zero-order valence-corrected chi connectivity index (χ0v) is 25.1. The fraction of sp³-hybridized carbons (Fsp3) is 0.516. The van der Waals surface area contributed by atoms with Gasteiger partial charge in [0.25, 0.3) is 0 Å². The van der Waals surface area contributed by atoms with E-state index in [4.69, 9.17) is 21.5 Å². The fourth-order valence-electron chi connectivity index (χ4n) is 6.69. The van der Waals surface area contributed by atoms with Crippen LogP contribution in [0.2, 0.25) is 5.02 Å². The van der Waals surface area contributed by atoms with E-state index >= 15 is 0 Å². The van der Waals surface area contributed by atoms with Crippen LogP contribution in [0.5, 0.6) is 5.75 Å². The van der Waals surface area contributed by atoms with Crippen LogP contribution in [0.1, 0.15) is 61.0 Å². The second-order valence-electron chi connectivity index (χ2n) is 12.1. The molecule has 0 aromatic heterocycles. The number of fused-ring (bicyclic) bond motifs is 3. The minimum absolute atomic E-state index is 0.00640. The summed E-state index contributed by atoms with van der Waals surface area (Å²) in [4.78, 5) is 14.1. The molecule has 1 spiro atoms. The number of benzene rings is 2. The number of halogens is 1. The first-order chi connectivity index (χ1) is 19.4. The molecule has 0 saturated heterocycles. The average Bonchev–Trinajstić information content (AvgIpc) is 3.05. The quantitative estimate of drug-likeness (QED) is 0.371. The molecule has 1 fully saturated rings. The summed E-state index contributed by atoms with van der Waals surface area (Å²) in [5, 5.41) is 26.1. The van der Waals surface area contributed by atoms with Gasteiger partial charge in [0.05, 0.1) is 29.2 Å². The lowest BCUT2D eigenvalue weighted by molar-refractivity contribution is 0.0454. The molecule has 4 N–H and O–H groups in total. The lowest BCUT2D eigenvalue weighted by atomic mass is 9.68. The van der Waals surface area contributed by atoms with Crippen molar-refractivity contribution >= 4 is 33.3 Å². The van der Waals surface area contributed by atoms with Crippen LogP contribution in [0, 0.1) is 17.8 Å². The monoisotopic (exact) mass is 602 g/mol. The van der Waals surface area contributed by atoms with E-state index in [1.807, 2.05) is 12.1 Å². The van der Waals surface area contributed by atoms with Crippen molar-refractivity contribution in [2.75, 3.05) is 24.6 Å². The zero-order chi connectivity index (χ0) is 29.5. The van der Waals surface area contributed by atoms with E-state index in [0.717, 1.165) is 37.8 Å². The molecule has 2 aliphatic carbocycles. The fourth-order valence-corrected chi connectivity index (χ4v) is 7.57. The minimum Gasteiger partial charge on any atom is -0.490 e. The Morgan fingerprint density at radius 3 is 2.68 bits per heavy atom. The molecule has 222 valence electrons. The second kappa shape index (κ2) is 11.6. The van der Waals surface area contributed by atoms with Crippen molar-refractivity contribution in [3.63, 3.8) is 0 Å². The van der Waals surface area contributed by atoms with Crippen LogP contribution in [-0.2, 0) is 21.9 Å². The van der Waals surface area contributed by atoms with E-state index in [1.165, 1.54) is 11.1 Å². The summed E-state index contributed by atoms with van der Waals surface area (Å²) in [5.41, 5.74) is 3.15. The number of carbonyl (C=O) groups is 1. The number of hydrogen-bond acceptors (Lipinski definition) is 6. The molecule has 3 aliphatic rings. The van der Waals surface area contributed by atoms with Crippen molar-refractivity contribution in [3.8, 4) is 5.75 Å². The third kappa shape index (κ3) is 6.14. The highest BCUT2D eigenvalue weighted by Gasteiger charge is 2.44. The number of carboxylic acid groups (broad SMARTS) is 1. The highest BCUT2D eigenvalue weighted by atomic mass is 35.5. The van der Waals surface area contributed by atoms with Gasteiger partial charge in [-0.05, 0) is 98.2 Å². The van der Waals surface area contributed by atoms with Crippen LogP contribution in [0.4, 0.5) is 5.69 Å². The number of rotatable bonds is 8. The van der Waals surface area contributed by atoms with Gasteiger partial charge in [0.1, 0.15) is 5.75 Å². The molecule has 6 atom stereocenters. The van der Waals surface area contributed by atoms with E-state index in [-0.39, 0.29) is 28.7 Å². The molecule has 8 nitrogen and oxygen atoms in total. The number of aromatic carboxylic acids is 1. The van der Waals surface area contributed by atoms with Crippen molar-refractivity contribution in [1.82, 2.24) is 0 Å². The van der Waals surface area contributed by atoms with Gasteiger partial charge < -0.3 is 19.8 Å². The number of primary sulfonamides is 1. The predicted molar refractivity (Wildman–Crippen MR) is 160 cm³/mol. The number of aliphatic hydroxyl groups is 1. The Kier molecular flexibility index (Phi) is 8.45. The molecule has 1 aliphatic heterocycles. The minimum atomic E-state index is -3.67. The topological polar surface area (TPSA) is 130 Å². The van der Waals surface area contributed by atoms with Crippen LogP contribution in [0.3, 0.4) is 0 Å². The van der Waals surface area contributed by atoms with E-state index < -0.39 is 27.3 Å². The molecular weight excluding hydrogens is 564 g/mol. The SMILES string of the molecule is C[C@H](/C=C/[C@H](O)[C@@H]1CC[C@H]1CN1C[C@@]2(CCCc3cc(Cl)ccc32)COc2ccc(C(=O)O)cc21)[C@H](C)S(N)(=O)=O. The van der Waals surface area contributed by atoms with Crippen molar-refractivity contribution in [2.45, 2.75) is 62.7 Å². The van der Waals surface area contributed by atoms with Gasteiger partial charge in [0.15, 0.2) is 0 Å². The summed E-state index contributed by atoms with van der Waals surface area (Å²) >= 11 is 6.35. The maximum absolute atomic E-state index is 11.9. The number of nitrogens with zero attached hydrogens (tertiary/aromatic N) is 1. The summed E-state index contributed by atoms with van der Waals surface area (Å²) in [5.74, 6) is -0.483. The van der Waals surface area contributed by atoms with E-state index in [0.29, 0.717) is 30.5 Å². The third-order valence-corrected chi connectivity index (χ3v) is 11.2. The lowest BCUT2D eigenvalue weighted by Gasteiger charge is -2.45. The number of aryl methyl sites for hydroxylation is 1. The molecular formula is C31H39ClN2O6S. The van der Waals surface area contributed by atoms with Crippen molar-refractivity contribution in [3.05, 3.63) is 70.3 Å². The van der Waals surface area contributed by atoms with Gasteiger partial charge in [-0.1, -0.05) is 36.7 Å². The van der Waals surface area contributed by atoms with Crippen molar-refractivity contribution in [1.29, 1.82) is 0 Å². The number of anilines is 1. The Balaban J connectivity index is 1.42. The Morgan fingerprint density at radius 2 is 2.00 bits per heavy atom. The van der Waals surface area contributed by atoms with Crippen LogP contribution in [-0.4, -0.2) is 55.7 Å². The molecule has 10 heteroatoms. The van der Waals surface area contributed by atoms with E-state index in [9.17, 15) is 23.4 Å². The lowest BCUT2D eigenvalue weighted by Crippen LogP contribution is -2.49. The van der Waals surface area contributed by atoms with Crippen LogP contribution in [0.25, 0.3) is 0 Å². The van der Waals surface area contributed by atoms with Gasteiger partial charge in [0, 0.05) is 23.5 Å². The highest BCUT2D eigenvalue weighted by molar-refractivity contribution is 7.89. The Morgan fingerprint density at radius 1 is 1.22 bits per heavy atom. The molecule has 2 aromatic rings. The van der Waals surface area contributed by atoms with Crippen LogP contribution in [0.15, 0.2) is 48.6 Å². The van der Waals surface area contributed by atoms with Gasteiger partial charge in [-0.2, -0.15) is 0 Å². The van der Waals surface area contributed by atoms with Gasteiger partial charge in [-0.15, -0.1) is 0 Å². The number of allylic oxidation sites excluding steroid dienone is 1. The largest absolute Gasteiger partial charge is 0.490 e. The van der Waals surface area contributed by atoms with Gasteiger partial charge in [-0.3, -0.25) is 0 Å². The zero-order valence-electron chi connectivity index (χ0n) is 23.5. The normalized spacial score (nSPS) is 26.3. The van der Waals surface area contributed by atoms with Gasteiger partial charge in [-0.25, -0.2) is 18.4 Å². The summed E-state index contributed by atoms with van der Waals surface area (Å²) in [7, 11) is -3.67. The predicted octanol–water partition coefficient (Wildman–Crippen LogP) is 4.77. The first-order valence-electron chi connectivity index (χ1n) is 14.3. The Bertz CT molecular complexity index is 1450. The van der Waals surface area contributed by atoms with E-state index in [2.05, 4.69) is 11.0 Å². The van der Waals surface area contributed by atoms with E-state index in [1.54, 1.807) is 44.2 Å². The van der Waals surface area contributed by atoms with Crippen LogP contribution < -0.4 is 14.8 Å². The van der Waals surface area contributed by atoms with Crippen LogP contribution >= 0.6 is 11.6 Å². The van der Waals surface area contributed by atoms with Gasteiger partial charge in [0.2, 0.25) is 10.0 Å². The molecule has 0 unspecified atom stereocenters. The maximum Gasteiger partial charge on any atom is 0.335 e. The summed E-state index contributed by atoms with van der Waals surface area (Å²) < 4.78 is 29.9. The molecule has 0 radical (unpaired) electrons. The molecule has 5 rings (SSSR count). The number of hydrogen-bond donors (Lipinski definition) is 3. The third-order valence-electron chi connectivity index (χ3n) is 9.52. The molecule has 1 heterocycles. The second-order valence-corrected chi connectivity index (χ2v) is 14.5. The average molecular weight is 603 g/mol. The first kappa shape index (κ1) is 29.9. The molecule has 2 aromatic carbocycles. The first-order valence-corrected chi connectivity index (χ1v) is 16.3. The number of carboxylic acids is 1. The number of nitrogens with two attached hydrogens (primary N) is 1. The maximum atomic E-state index is 11.9. The number of ether oxygens (including phenoxy) is 1. The highest BCUT2D eigenvalue weighted by Crippen LogP contribution is 2.46. The molecule has 41 heavy (non-hydrogen) atoms. The smallest absolute Gasteiger partial charge is 0.335 e. The molecule has 1 saturated carbocycles.